The molecule has 0 aromatic carbocycles. The molecule has 0 radical (unpaired) electrons. The molecule has 22 heavy (non-hydrogen) atoms. The van der Waals surface area contributed by atoms with E-state index >= 15 is 0 Å². The van der Waals surface area contributed by atoms with Crippen molar-refractivity contribution in [1.82, 2.24) is 10.2 Å². The lowest BCUT2D eigenvalue weighted by Crippen LogP contribution is -2.47. The molecule has 128 valence electrons. The van der Waals surface area contributed by atoms with Gasteiger partial charge >= 0.3 is 0 Å². The molecule has 2 heterocycles. The quantitative estimate of drug-likeness (QED) is 0.667. The second-order valence-electron chi connectivity index (χ2n) is 6.73. The van der Waals surface area contributed by atoms with Crippen molar-refractivity contribution in [3.8, 4) is 0 Å². The van der Waals surface area contributed by atoms with E-state index in [1.807, 2.05) is 0 Å². The first-order valence-electron chi connectivity index (χ1n) is 9.11. The van der Waals surface area contributed by atoms with Gasteiger partial charge in [-0.1, -0.05) is 12.8 Å². The first-order chi connectivity index (χ1) is 10.8. The van der Waals surface area contributed by atoms with Crippen LogP contribution in [0.4, 0.5) is 0 Å². The Kier molecular flexibility index (Phi) is 8.20. The molecule has 2 aliphatic rings. The smallest absolute Gasteiger partial charge is 0.237 e. The van der Waals surface area contributed by atoms with Gasteiger partial charge in [0.15, 0.2) is 0 Å². The van der Waals surface area contributed by atoms with Gasteiger partial charge in [0.1, 0.15) is 0 Å². The van der Waals surface area contributed by atoms with Crippen molar-refractivity contribution >= 4 is 5.91 Å². The number of nitrogens with one attached hydrogen (secondary N) is 1. The Hall–Kier alpha value is -0.650. The van der Waals surface area contributed by atoms with Gasteiger partial charge in [-0.15, -0.1) is 0 Å². The van der Waals surface area contributed by atoms with E-state index < -0.39 is 0 Å². The minimum Gasteiger partial charge on any atom is -0.381 e. The van der Waals surface area contributed by atoms with Crippen molar-refractivity contribution in [3.05, 3.63) is 0 Å². The predicted octanol–water partition coefficient (Wildman–Crippen LogP) is 1.51. The number of carbonyl (C=O) groups is 1. The van der Waals surface area contributed by atoms with E-state index in [1.165, 1.54) is 51.7 Å². The van der Waals surface area contributed by atoms with E-state index in [4.69, 9.17) is 10.5 Å². The first kappa shape index (κ1) is 17.7. The number of piperidine rings is 1. The number of hydrogen-bond acceptors (Lipinski definition) is 4. The molecule has 1 unspecified atom stereocenters. The summed E-state index contributed by atoms with van der Waals surface area (Å²) in [5.74, 6) is 0.302. The molecule has 2 fully saturated rings. The summed E-state index contributed by atoms with van der Waals surface area (Å²) < 4.78 is 5.31. The fourth-order valence-corrected chi connectivity index (χ4v) is 3.44. The van der Waals surface area contributed by atoms with Gasteiger partial charge in [-0.25, -0.2) is 0 Å². The maximum atomic E-state index is 12.0. The van der Waals surface area contributed by atoms with Crippen molar-refractivity contribution in [2.24, 2.45) is 11.7 Å². The van der Waals surface area contributed by atoms with E-state index in [2.05, 4.69) is 10.2 Å². The van der Waals surface area contributed by atoms with Crippen LogP contribution in [0.5, 0.6) is 0 Å². The second kappa shape index (κ2) is 10.2. The van der Waals surface area contributed by atoms with Gasteiger partial charge in [0.25, 0.3) is 0 Å². The molecule has 2 aliphatic heterocycles. The number of unbranched alkanes of at least 4 members (excludes halogenated alkanes) is 2. The summed E-state index contributed by atoms with van der Waals surface area (Å²) in [5, 5.41) is 3.00. The number of likely N-dealkylation sites (tertiary alicyclic amines) is 1. The monoisotopic (exact) mass is 311 g/mol. The third kappa shape index (κ3) is 6.23. The van der Waals surface area contributed by atoms with E-state index in [1.54, 1.807) is 0 Å². The molecule has 1 atom stereocenters. The van der Waals surface area contributed by atoms with Crippen LogP contribution in [0, 0.1) is 5.92 Å². The van der Waals surface area contributed by atoms with Crippen molar-refractivity contribution in [2.75, 3.05) is 39.4 Å². The van der Waals surface area contributed by atoms with E-state index in [9.17, 15) is 4.79 Å². The molecule has 0 aromatic rings. The molecular weight excluding hydrogens is 278 g/mol. The first-order valence-corrected chi connectivity index (χ1v) is 9.11. The van der Waals surface area contributed by atoms with Gasteiger partial charge in [-0.05, 0) is 64.1 Å². The third-order valence-electron chi connectivity index (χ3n) is 4.98. The maximum Gasteiger partial charge on any atom is 0.237 e. The van der Waals surface area contributed by atoms with Crippen LogP contribution in [0.3, 0.4) is 0 Å². The molecule has 0 bridgehead atoms. The molecule has 0 saturated carbocycles. The van der Waals surface area contributed by atoms with Crippen LogP contribution in [-0.4, -0.2) is 56.2 Å². The fraction of sp³-hybridized carbons (Fsp3) is 0.941. The van der Waals surface area contributed by atoms with Crippen molar-refractivity contribution in [3.63, 3.8) is 0 Å². The number of carbonyl (C=O) groups excluding carboxylic acids is 1. The summed E-state index contributed by atoms with van der Waals surface area (Å²) in [6.45, 7) is 6.00. The lowest BCUT2D eigenvalue weighted by Gasteiger charge is -2.27. The van der Waals surface area contributed by atoms with Crippen LogP contribution in [0.1, 0.15) is 51.4 Å². The Bertz CT molecular complexity index is 313. The number of nitrogens with two attached hydrogens (primary N) is 1. The van der Waals surface area contributed by atoms with Gasteiger partial charge in [-0.3, -0.25) is 4.79 Å². The number of nitrogens with zero attached hydrogens (tertiary/aromatic N) is 1. The van der Waals surface area contributed by atoms with Crippen molar-refractivity contribution in [1.29, 1.82) is 0 Å². The third-order valence-corrected chi connectivity index (χ3v) is 4.98. The molecule has 5 nitrogen and oxygen atoms in total. The van der Waals surface area contributed by atoms with Gasteiger partial charge < -0.3 is 20.7 Å². The summed E-state index contributed by atoms with van der Waals surface area (Å²) in [7, 11) is 0. The van der Waals surface area contributed by atoms with Crippen LogP contribution in [0.25, 0.3) is 0 Å². The average molecular weight is 311 g/mol. The Balaban J connectivity index is 1.47. The van der Waals surface area contributed by atoms with Gasteiger partial charge in [-0.2, -0.15) is 0 Å². The molecule has 2 saturated heterocycles. The van der Waals surface area contributed by atoms with Crippen LogP contribution < -0.4 is 11.1 Å². The zero-order valence-electron chi connectivity index (χ0n) is 13.9. The number of hydrogen-bond donors (Lipinski definition) is 2. The Morgan fingerprint density at radius 2 is 1.86 bits per heavy atom. The molecule has 1 amide bonds. The lowest BCUT2D eigenvalue weighted by atomic mass is 9.92. The maximum absolute atomic E-state index is 12.0. The fourth-order valence-electron chi connectivity index (χ4n) is 3.44. The molecular formula is C17H33N3O2. The van der Waals surface area contributed by atoms with Gasteiger partial charge in [0, 0.05) is 19.8 Å². The number of rotatable bonds is 8. The summed E-state index contributed by atoms with van der Waals surface area (Å²) in [6.07, 6.45) is 9.41. The normalized spacial score (nSPS) is 22.4. The highest BCUT2D eigenvalue weighted by Gasteiger charge is 2.26. The molecule has 0 aromatic heterocycles. The summed E-state index contributed by atoms with van der Waals surface area (Å²) in [4.78, 5) is 14.6. The zero-order chi connectivity index (χ0) is 15.6. The SMILES string of the molecule is NC(C(=O)NCCCCCN1CCCCC1)C1CCOCC1. The highest BCUT2D eigenvalue weighted by Crippen LogP contribution is 2.17. The predicted molar refractivity (Wildman–Crippen MR) is 88.7 cm³/mol. The molecule has 0 spiro atoms. The van der Waals surface area contributed by atoms with E-state index in [-0.39, 0.29) is 17.9 Å². The minimum atomic E-state index is -0.364. The lowest BCUT2D eigenvalue weighted by molar-refractivity contribution is -0.124. The minimum absolute atomic E-state index is 0.0166. The highest BCUT2D eigenvalue weighted by molar-refractivity contribution is 5.81. The van der Waals surface area contributed by atoms with Gasteiger partial charge in [0.2, 0.25) is 5.91 Å². The highest BCUT2D eigenvalue weighted by atomic mass is 16.5. The molecule has 2 rings (SSSR count). The van der Waals surface area contributed by atoms with Crippen LogP contribution in [0.15, 0.2) is 0 Å². The Morgan fingerprint density at radius 1 is 1.14 bits per heavy atom. The van der Waals surface area contributed by atoms with E-state index in [0.717, 1.165) is 39.0 Å². The number of ether oxygens (including phenoxy) is 1. The summed E-state index contributed by atoms with van der Waals surface area (Å²) >= 11 is 0. The van der Waals surface area contributed by atoms with Gasteiger partial charge in [0.05, 0.1) is 6.04 Å². The van der Waals surface area contributed by atoms with Crippen molar-refractivity contribution < 1.29 is 9.53 Å². The van der Waals surface area contributed by atoms with Crippen LogP contribution in [0.2, 0.25) is 0 Å². The van der Waals surface area contributed by atoms with Crippen LogP contribution in [-0.2, 0) is 9.53 Å². The zero-order valence-corrected chi connectivity index (χ0v) is 13.9. The topological polar surface area (TPSA) is 67.6 Å². The summed E-state index contributed by atoms with van der Waals surface area (Å²) in [5.41, 5.74) is 6.06. The Labute approximate surface area is 134 Å². The standard InChI is InChI=1S/C17H33N3O2/c18-16(15-7-13-22-14-8-15)17(21)19-9-3-1-4-10-20-11-5-2-6-12-20/h15-16H,1-14,18H2,(H,19,21). The molecule has 0 aliphatic carbocycles. The average Bonchev–Trinajstić information content (AvgIpc) is 2.58. The number of amides is 1. The Morgan fingerprint density at radius 3 is 2.59 bits per heavy atom. The van der Waals surface area contributed by atoms with E-state index in [0.29, 0.717) is 0 Å². The molecule has 5 heteroatoms. The largest absolute Gasteiger partial charge is 0.381 e. The second-order valence-corrected chi connectivity index (χ2v) is 6.73. The summed E-state index contributed by atoms with van der Waals surface area (Å²) in [6, 6.07) is -0.364. The van der Waals surface area contributed by atoms with Crippen LogP contribution >= 0.6 is 0 Å². The van der Waals surface area contributed by atoms with Crippen molar-refractivity contribution in [2.45, 2.75) is 57.4 Å². The molecule has 3 N–H and O–H groups in total.